The zero-order chi connectivity index (χ0) is 11.5. The summed E-state index contributed by atoms with van der Waals surface area (Å²) in [5.41, 5.74) is 0.760. The van der Waals surface area contributed by atoms with Gasteiger partial charge in [-0.1, -0.05) is 0 Å². The lowest BCUT2D eigenvalue weighted by molar-refractivity contribution is -0.384. The van der Waals surface area contributed by atoms with Crippen molar-refractivity contribution < 1.29 is 10.0 Å². The summed E-state index contributed by atoms with van der Waals surface area (Å²) in [6, 6.07) is 6.02. The maximum Gasteiger partial charge on any atom is 0.269 e. The van der Waals surface area contributed by atoms with Gasteiger partial charge < -0.3 is 9.67 Å². The Hall–Kier alpha value is -2.21. The summed E-state index contributed by atoms with van der Waals surface area (Å²) in [4.78, 5) is 14.1. The first kappa shape index (κ1) is 10.3. The van der Waals surface area contributed by atoms with Gasteiger partial charge in [0.05, 0.1) is 4.92 Å². The largest absolute Gasteiger partial charge is 0.376 e. The first-order chi connectivity index (χ1) is 7.72. The molecule has 0 aliphatic heterocycles. The summed E-state index contributed by atoms with van der Waals surface area (Å²) in [5, 5.41) is 19.5. The van der Waals surface area contributed by atoms with Crippen molar-refractivity contribution in [1.29, 1.82) is 0 Å². The molecule has 0 amide bonds. The molecule has 0 bridgehead atoms. The lowest BCUT2D eigenvalue weighted by Gasteiger charge is -2.03. The first-order valence-corrected chi connectivity index (χ1v) is 4.59. The number of hydrogen-bond donors (Lipinski definition) is 1. The van der Waals surface area contributed by atoms with E-state index in [1.807, 2.05) is 0 Å². The fourth-order valence-electron chi connectivity index (χ4n) is 1.42. The van der Waals surface area contributed by atoms with Gasteiger partial charge >= 0.3 is 0 Å². The van der Waals surface area contributed by atoms with E-state index in [1.54, 1.807) is 29.1 Å². The number of hydrogen-bond acceptors (Lipinski definition) is 4. The zero-order valence-electron chi connectivity index (χ0n) is 8.28. The summed E-state index contributed by atoms with van der Waals surface area (Å²) in [6.45, 7) is -0.174. The number of nitro groups is 1. The maximum absolute atomic E-state index is 10.5. The molecule has 1 heterocycles. The van der Waals surface area contributed by atoms with E-state index in [2.05, 4.69) is 4.98 Å². The van der Waals surface area contributed by atoms with E-state index >= 15 is 0 Å². The third-order valence-electron chi connectivity index (χ3n) is 2.20. The standard InChI is InChI=1S/C10H9N3O3/c14-7-12-6-5-11-10(12)8-1-3-9(4-2-8)13(15)16/h1-6,14H,7H2. The molecule has 2 rings (SSSR count). The molecule has 0 aliphatic carbocycles. The Kier molecular flexibility index (Phi) is 2.65. The van der Waals surface area contributed by atoms with Crippen molar-refractivity contribution in [2.24, 2.45) is 0 Å². The van der Waals surface area contributed by atoms with Crippen LogP contribution in [0.4, 0.5) is 5.69 Å². The SMILES string of the molecule is O=[N+]([O-])c1ccc(-c2nccn2CO)cc1. The highest BCUT2D eigenvalue weighted by Gasteiger charge is 2.08. The number of nitrogens with zero attached hydrogens (tertiary/aromatic N) is 3. The summed E-state index contributed by atoms with van der Waals surface area (Å²) < 4.78 is 1.54. The Morgan fingerprint density at radius 1 is 1.38 bits per heavy atom. The number of non-ortho nitro benzene ring substituents is 1. The van der Waals surface area contributed by atoms with Gasteiger partial charge in [0.1, 0.15) is 12.6 Å². The molecule has 16 heavy (non-hydrogen) atoms. The first-order valence-electron chi connectivity index (χ1n) is 4.59. The second-order valence-corrected chi connectivity index (χ2v) is 3.17. The molecule has 0 unspecified atom stereocenters. The smallest absolute Gasteiger partial charge is 0.269 e. The molecular weight excluding hydrogens is 210 g/mol. The second-order valence-electron chi connectivity index (χ2n) is 3.17. The number of aliphatic hydroxyl groups is 1. The van der Waals surface area contributed by atoms with Crippen LogP contribution < -0.4 is 0 Å². The number of benzene rings is 1. The highest BCUT2D eigenvalue weighted by Crippen LogP contribution is 2.20. The molecule has 2 aromatic rings. The highest BCUT2D eigenvalue weighted by molar-refractivity contribution is 5.57. The molecule has 6 nitrogen and oxygen atoms in total. The van der Waals surface area contributed by atoms with Gasteiger partial charge in [-0.2, -0.15) is 0 Å². The van der Waals surface area contributed by atoms with Crippen molar-refractivity contribution in [2.45, 2.75) is 6.73 Å². The monoisotopic (exact) mass is 219 g/mol. The minimum Gasteiger partial charge on any atom is -0.376 e. The van der Waals surface area contributed by atoms with Crippen LogP contribution in [0.15, 0.2) is 36.7 Å². The van der Waals surface area contributed by atoms with Crippen molar-refractivity contribution >= 4 is 5.69 Å². The number of aliphatic hydroxyl groups excluding tert-OH is 1. The molecule has 0 saturated heterocycles. The van der Waals surface area contributed by atoms with E-state index in [1.165, 1.54) is 12.1 Å². The molecule has 0 atom stereocenters. The van der Waals surface area contributed by atoms with Gasteiger partial charge in [-0.05, 0) is 12.1 Å². The van der Waals surface area contributed by atoms with Crippen molar-refractivity contribution in [2.75, 3.05) is 0 Å². The molecule has 1 aromatic heterocycles. The van der Waals surface area contributed by atoms with Crippen molar-refractivity contribution in [1.82, 2.24) is 9.55 Å². The molecule has 0 saturated carbocycles. The minimum atomic E-state index is -0.456. The Bertz CT molecular complexity index is 504. The third kappa shape index (κ3) is 1.78. The van der Waals surface area contributed by atoms with Gasteiger partial charge in [-0.15, -0.1) is 0 Å². The molecule has 1 aromatic carbocycles. The molecule has 0 spiro atoms. The molecule has 82 valence electrons. The van der Waals surface area contributed by atoms with Crippen LogP contribution in [0.3, 0.4) is 0 Å². The zero-order valence-corrected chi connectivity index (χ0v) is 8.28. The summed E-state index contributed by atoms with van der Waals surface area (Å²) >= 11 is 0. The predicted molar refractivity (Wildman–Crippen MR) is 56.5 cm³/mol. The van der Waals surface area contributed by atoms with Crippen LogP contribution >= 0.6 is 0 Å². The van der Waals surface area contributed by atoms with Gasteiger partial charge in [-0.25, -0.2) is 4.98 Å². The van der Waals surface area contributed by atoms with Crippen LogP contribution in [-0.4, -0.2) is 19.6 Å². The highest BCUT2D eigenvalue weighted by atomic mass is 16.6. The lowest BCUT2D eigenvalue weighted by atomic mass is 10.2. The molecule has 6 heteroatoms. The Labute approximate surface area is 90.9 Å². The number of aromatic nitrogens is 2. The lowest BCUT2D eigenvalue weighted by Crippen LogP contribution is -1.98. The number of rotatable bonds is 3. The summed E-state index contributed by atoms with van der Waals surface area (Å²) in [5.74, 6) is 0.581. The minimum absolute atomic E-state index is 0.0332. The Morgan fingerprint density at radius 3 is 2.62 bits per heavy atom. The van der Waals surface area contributed by atoms with E-state index in [9.17, 15) is 10.1 Å². The summed E-state index contributed by atoms with van der Waals surface area (Å²) in [6.07, 6.45) is 3.20. The van der Waals surface area contributed by atoms with Gasteiger partial charge in [0.15, 0.2) is 0 Å². The van der Waals surface area contributed by atoms with Crippen molar-refractivity contribution in [3.8, 4) is 11.4 Å². The van der Waals surface area contributed by atoms with Crippen LogP contribution in [0.25, 0.3) is 11.4 Å². The van der Waals surface area contributed by atoms with Gasteiger partial charge in [0.2, 0.25) is 0 Å². The molecule has 0 fully saturated rings. The Morgan fingerprint density at radius 2 is 2.06 bits per heavy atom. The van der Waals surface area contributed by atoms with Gasteiger partial charge in [-0.3, -0.25) is 10.1 Å². The molecular formula is C10H9N3O3. The van der Waals surface area contributed by atoms with Crippen LogP contribution in [0, 0.1) is 10.1 Å². The van der Waals surface area contributed by atoms with Gasteiger partial charge in [0.25, 0.3) is 5.69 Å². The van der Waals surface area contributed by atoms with Crippen LogP contribution in [0.5, 0.6) is 0 Å². The Balaban J connectivity index is 2.38. The quantitative estimate of drug-likeness (QED) is 0.625. The number of imidazole rings is 1. The fraction of sp³-hybridized carbons (Fsp3) is 0.100. The molecule has 0 radical (unpaired) electrons. The summed E-state index contributed by atoms with van der Waals surface area (Å²) in [7, 11) is 0. The maximum atomic E-state index is 10.5. The van der Waals surface area contributed by atoms with E-state index in [4.69, 9.17) is 5.11 Å². The predicted octanol–water partition coefficient (Wildman–Crippen LogP) is 1.41. The fourth-order valence-corrected chi connectivity index (χ4v) is 1.42. The van der Waals surface area contributed by atoms with Crippen molar-refractivity contribution in [3.63, 3.8) is 0 Å². The number of nitro benzene ring substituents is 1. The van der Waals surface area contributed by atoms with E-state index in [0.29, 0.717) is 5.82 Å². The average Bonchev–Trinajstić information content (AvgIpc) is 2.77. The molecule has 0 aliphatic rings. The third-order valence-corrected chi connectivity index (χ3v) is 2.20. The van der Waals surface area contributed by atoms with Crippen LogP contribution in [-0.2, 0) is 6.73 Å². The van der Waals surface area contributed by atoms with Crippen LogP contribution in [0.1, 0.15) is 0 Å². The van der Waals surface area contributed by atoms with E-state index < -0.39 is 4.92 Å². The van der Waals surface area contributed by atoms with Crippen LogP contribution in [0.2, 0.25) is 0 Å². The average molecular weight is 219 g/mol. The van der Waals surface area contributed by atoms with E-state index in [0.717, 1.165) is 5.56 Å². The van der Waals surface area contributed by atoms with E-state index in [-0.39, 0.29) is 12.4 Å². The van der Waals surface area contributed by atoms with Gasteiger partial charge in [0, 0.05) is 30.1 Å². The van der Waals surface area contributed by atoms with Crippen molar-refractivity contribution in [3.05, 3.63) is 46.8 Å². The molecule has 1 N–H and O–H groups in total. The topological polar surface area (TPSA) is 81.2 Å². The normalized spacial score (nSPS) is 10.3. The second kappa shape index (κ2) is 4.11.